The second-order valence-corrected chi connectivity index (χ2v) is 4.28. The highest BCUT2D eigenvalue weighted by Gasteiger charge is 2.09. The van der Waals surface area contributed by atoms with E-state index in [2.05, 4.69) is 4.74 Å². The molecule has 2 aromatic rings. The highest BCUT2D eigenvalue weighted by atomic mass is 16.5. The second-order valence-electron chi connectivity index (χ2n) is 4.28. The number of para-hydroxylation sites is 1. The average Bonchev–Trinajstić information content (AvgIpc) is 2.43. The predicted molar refractivity (Wildman–Crippen MR) is 73.4 cm³/mol. The van der Waals surface area contributed by atoms with Gasteiger partial charge in [0.25, 0.3) is 0 Å². The Balaban J connectivity index is 2.20. The third-order valence-corrected chi connectivity index (χ3v) is 2.78. The van der Waals surface area contributed by atoms with Crippen LogP contribution >= 0.6 is 0 Å². The molecule has 2 rings (SSSR count). The van der Waals surface area contributed by atoms with Crippen LogP contribution in [0.5, 0.6) is 11.5 Å². The molecule has 0 spiro atoms. The van der Waals surface area contributed by atoms with Crippen LogP contribution in [-0.2, 0) is 16.0 Å². The normalized spacial score (nSPS) is 10.0. The van der Waals surface area contributed by atoms with Crippen LogP contribution in [0.4, 0.5) is 0 Å². The Bertz CT molecular complexity index is 558. The Morgan fingerprint density at radius 2 is 1.74 bits per heavy atom. The summed E-state index contributed by atoms with van der Waals surface area (Å²) in [5.74, 6) is 1.15. The van der Waals surface area contributed by atoms with E-state index in [0.29, 0.717) is 5.75 Å². The molecule has 0 aromatic heterocycles. The highest BCUT2D eigenvalue weighted by molar-refractivity contribution is 5.73. The largest absolute Gasteiger partial charge is 0.469 e. The topological polar surface area (TPSA) is 35.5 Å². The quantitative estimate of drug-likeness (QED) is 0.785. The molecule has 98 valence electrons. The maximum atomic E-state index is 11.4. The molecule has 0 unspecified atom stereocenters. The van der Waals surface area contributed by atoms with Crippen LogP contribution in [0.1, 0.15) is 11.1 Å². The zero-order chi connectivity index (χ0) is 13.7. The molecule has 0 bridgehead atoms. The Kier molecular flexibility index (Phi) is 4.18. The van der Waals surface area contributed by atoms with Crippen molar-refractivity contribution in [3.05, 3.63) is 59.7 Å². The first-order valence-corrected chi connectivity index (χ1v) is 6.08. The van der Waals surface area contributed by atoms with Gasteiger partial charge in [0.2, 0.25) is 0 Å². The zero-order valence-corrected chi connectivity index (χ0v) is 11.1. The lowest BCUT2D eigenvalue weighted by Crippen LogP contribution is -2.05. The van der Waals surface area contributed by atoms with Crippen molar-refractivity contribution in [1.29, 1.82) is 0 Å². The number of benzene rings is 2. The van der Waals surface area contributed by atoms with E-state index in [0.717, 1.165) is 11.3 Å². The van der Waals surface area contributed by atoms with Crippen molar-refractivity contribution in [2.24, 2.45) is 0 Å². The second kappa shape index (κ2) is 6.05. The summed E-state index contributed by atoms with van der Waals surface area (Å²) in [5, 5.41) is 0. The molecule has 0 saturated carbocycles. The molecule has 0 atom stereocenters. The molecule has 0 amide bonds. The Morgan fingerprint density at radius 3 is 2.42 bits per heavy atom. The summed E-state index contributed by atoms with van der Waals surface area (Å²) in [6, 6.07) is 15.2. The van der Waals surface area contributed by atoms with Crippen molar-refractivity contribution in [3.63, 3.8) is 0 Å². The fourth-order valence-corrected chi connectivity index (χ4v) is 1.71. The number of esters is 1. The molecule has 19 heavy (non-hydrogen) atoms. The fraction of sp³-hybridized carbons (Fsp3) is 0.188. The number of carbonyl (C=O) groups excluding carboxylic acids is 1. The summed E-state index contributed by atoms with van der Waals surface area (Å²) in [6.45, 7) is 2.02. The van der Waals surface area contributed by atoms with Crippen LogP contribution in [0.2, 0.25) is 0 Å². The number of ether oxygens (including phenoxy) is 2. The van der Waals surface area contributed by atoms with Gasteiger partial charge in [-0.25, -0.2) is 0 Å². The van der Waals surface area contributed by atoms with Gasteiger partial charge in [0.1, 0.15) is 11.5 Å². The molecule has 3 heteroatoms. The van der Waals surface area contributed by atoms with Crippen LogP contribution in [0.15, 0.2) is 48.5 Å². The Labute approximate surface area is 112 Å². The molecule has 0 aliphatic rings. The first-order chi connectivity index (χ1) is 9.19. The number of carbonyl (C=O) groups is 1. The number of aryl methyl sites for hydroxylation is 1. The zero-order valence-electron chi connectivity index (χ0n) is 11.1. The van der Waals surface area contributed by atoms with Gasteiger partial charge in [-0.05, 0) is 25.1 Å². The van der Waals surface area contributed by atoms with Gasteiger partial charge >= 0.3 is 5.97 Å². The van der Waals surface area contributed by atoms with Gasteiger partial charge in [0, 0.05) is 5.56 Å². The van der Waals surface area contributed by atoms with E-state index in [4.69, 9.17) is 4.74 Å². The lowest BCUT2D eigenvalue weighted by Gasteiger charge is -2.10. The first kappa shape index (κ1) is 13.1. The van der Waals surface area contributed by atoms with Crippen molar-refractivity contribution in [2.45, 2.75) is 13.3 Å². The van der Waals surface area contributed by atoms with Gasteiger partial charge in [-0.1, -0.05) is 35.9 Å². The van der Waals surface area contributed by atoms with Crippen molar-refractivity contribution in [1.82, 2.24) is 0 Å². The van der Waals surface area contributed by atoms with Gasteiger partial charge in [-0.3, -0.25) is 4.79 Å². The van der Waals surface area contributed by atoms with E-state index >= 15 is 0 Å². The molecular formula is C16H16O3. The van der Waals surface area contributed by atoms with Crippen LogP contribution in [0.3, 0.4) is 0 Å². The lowest BCUT2D eigenvalue weighted by molar-refractivity contribution is -0.139. The third kappa shape index (κ3) is 3.58. The van der Waals surface area contributed by atoms with Crippen LogP contribution < -0.4 is 4.74 Å². The Hall–Kier alpha value is -2.29. The lowest BCUT2D eigenvalue weighted by atomic mass is 10.1. The van der Waals surface area contributed by atoms with Gasteiger partial charge < -0.3 is 9.47 Å². The average molecular weight is 256 g/mol. The minimum atomic E-state index is -0.278. The van der Waals surface area contributed by atoms with Gasteiger partial charge in [-0.2, -0.15) is 0 Å². The SMILES string of the molecule is COC(=O)Cc1ccccc1Oc1ccc(C)cc1. The molecule has 3 nitrogen and oxygen atoms in total. The van der Waals surface area contributed by atoms with E-state index in [1.165, 1.54) is 12.7 Å². The minimum absolute atomic E-state index is 0.207. The molecule has 0 aliphatic heterocycles. The minimum Gasteiger partial charge on any atom is -0.469 e. The number of hydrogen-bond acceptors (Lipinski definition) is 3. The number of hydrogen-bond donors (Lipinski definition) is 0. The van der Waals surface area contributed by atoms with Crippen molar-refractivity contribution in [3.8, 4) is 11.5 Å². The maximum absolute atomic E-state index is 11.4. The fourth-order valence-electron chi connectivity index (χ4n) is 1.71. The van der Waals surface area contributed by atoms with E-state index in [1.807, 2.05) is 55.5 Å². The van der Waals surface area contributed by atoms with Crippen LogP contribution in [0.25, 0.3) is 0 Å². The summed E-state index contributed by atoms with van der Waals surface area (Å²) >= 11 is 0. The predicted octanol–water partition coefficient (Wildman–Crippen LogP) is 3.50. The smallest absolute Gasteiger partial charge is 0.310 e. The monoisotopic (exact) mass is 256 g/mol. The van der Waals surface area contributed by atoms with Gasteiger partial charge in [0.05, 0.1) is 13.5 Å². The van der Waals surface area contributed by atoms with Gasteiger partial charge in [-0.15, -0.1) is 0 Å². The molecule has 0 radical (unpaired) electrons. The summed E-state index contributed by atoms with van der Waals surface area (Å²) in [6.07, 6.45) is 0.207. The first-order valence-electron chi connectivity index (χ1n) is 6.08. The summed E-state index contributed by atoms with van der Waals surface area (Å²) < 4.78 is 10.5. The number of methoxy groups -OCH3 is 1. The van der Waals surface area contributed by atoms with Crippen molar-refractivity contribution in [2.75, 3.05) is 7.11 Å². The van der Waals surface area contributed by atoms with Crippen LogP contribution in [-0.4, -0.2) is 13.1 Å². The number of rotatable bonds is 4. The van der Waals surface area contributed by atoms with Crippen LogP contribution in [0, 0.1) is 6.92 Å². The van der Waals surface area contributed by atoms with E-state index < -0.39 is 0 Å². The molecular weight excluding hydrogens is 240 g/mol. The standard InChI is InChI=1S/C16H16O3/c1-12-7-9-14(10-8-12)19-15-6-4-3-5-13(15)11-16(17)18-2/h3-10H,11H2,1-2H3. The van der Waals surface area contributed by atoms with Gasteiger partial charge in [0.15, 0.2) is 0 Å². The summed E-state index contributed by atoms with van der Waals surface area (Å²) in [7, 11) is 1.38. The van der Waals surface area contributed by atoms with E-state index in [1.54, 1.807) is 0 Å². The molecule has 0 aliphatic carbocycles. The van der Waals surface area contributed by atoms with Crippen molar-refractivity contribution >= 4 is 5.97 Å². The summed E-state index contributed by atoms with van der Waals surface area (Å²) in [4.78, 5) is 11.4. The molecule has 2 aromatic carbocycles. The summed E-state index contributed by atoms with van der Waals surface area (Å²) in [5.41, 5.74) is 1.99. The molecule has 0 N–H and O–H groups in total. The van der Waals surface area contributed by atoms with Crippen molar-refractivity contribution < 1.29 is 14.3 Å². The molecule has 0 saturated heterocycles. The third-order valence-electron chi connectivity index (χ3n) is 2.78. The van der Waals surface area contributed by atoms with E-state index in [9.17, 15) is 4.79 Å². The Morgan fingerprint density at radius 1 is 1.05 bits per heavy atom. The van der Waals surface area contributed by atoms with E-state index in [-0.39, 0.29) is 12.4 Å². The maximum Gasteiger partial charge on any atom is 0.310 e. The highest BCUT2D eigenvalue weighted by Crippen LogP contribution is 2.25. The molecule has 0 heterocycles. The molecule has 0 fully saturated rings.